The Kier molecular flexibility index (Phi) is 3.96. The van der Waals surface area contributed by atoms with Gasteiger partial charge in [-0.25, -0.2) is 4.79 Å². The molecule has 1 heterocycles. The lowest BCUT2D eigenvalue weighted by atomic mass is 10.1. The van der Waals surface area contributed by atoms with Crippen LogP contribution in [0.5, 0.6) is 0 Å². The molecule has 0 aromatic heterocycles. The molecule has 0 radical (unpaired) electrons. The smallest absolute Gasteiger partial charge is 0.416 e. The van der Waals surface area contributed by atoms with E-state index in [0.717, 1.165) is 12.1 Å². The van der Waals surface area contributed by atoms with E-state index in [1.165, 1.54) is 12.1 Å². The second kappa shape index (κ2) is 5.52. The molecule has 1 N–H and O–H groups in total. The van der Waals surface area contributed by atoms with Crippen LogP contribution in [-0.2, 0) is 26.9 Å². The van der Waals surface area contributed by atoms with Crippen molar-refractivity contribution >= 4 is 11.9 Å². The van der Waals surface area contributed by atoms with E-state index in [4.69, 9.17) is 4.74 Å². The number of hydrogen-bond donors (Lipinski definition) is 1. The van der Waals surface area contributed by atoms with Gasteiger partial charge in [-0.3, -0.25) is 4.79 Å². The molecule has 1 fully saturated rings. The zero-order valence-corrected chi connectivity index (χ0v) is 10.4. The molecule has 1 amide bonds. The van der Waals surface area contributed by atoms with Gasteiger partial charge in [0, 0.05) is 6.42 Å². The topological polar surface area (TPSA) is 55.4 Å². The second-order valence-electron chi connectivity index (χ2n) is 4.45. The summed E-state index contributed by atoms with van der Waals surface area (Å²) in [4.78, 5) is 22.8. The molecule has 0 spiro atoms. The number of halogens is 3. The van der Waals surface area contributed by atoms with Gasteiger partial charge in [0.05, 0.1) is 18.6 Å². The molecular weight excluding hydrogens is 275 g/mol. The Hall–Kier alpha value is -2.05. The normalized spacial score (nSPS) is 18.8. The number of ether oxygens (including phenoxy) is 1. The molecule has 0 bridgehead atoms. The van der Waals surface area contributed by atoms with Gasteiger partial charge in [0.2, 0.25) is 5.91 Å². The van der Waals surface area contributed by atoms with Crippen LogP contribution in [0.25, 0.3) is 0 Å². The number of nitrogens with one attached hydrogen (secondary N) is 1. The Balaban J connectivity index is 1.93. The lowest BCUT2D eigenvalue weighted by Crippen LogP contribution is -2.38. The average Bonchev–Trinajstić information content (AvgIpc) is 2.74. The highest BCUT2D eigenvalue weighted by molar-refractivity contribution is 5.86. The third-order valence-corrected chi connectivity index (χ3v) is 2.92. The molecular formula is C13H12F3NO3. The SMILES string of the molecule is O=C(Cc1ccc(C(F)(F)F)cc1)NC1CCOC1=O. The van der Waals surface area contributed by atoms with Crippen LogP contribution in [0.2, 0.25) is 0 Å². The molecule has 1 unspecified atom stereocenters. The zero-order chi connectivity index (χ0) is 14.8. The Labute approximate surface area is 112 Å². The van der Waals surface area contributed by atoms with Crippen molar-refractivity contribution in [1.29, 1.82) is 0 Å². The lowest BCUT2D eigenvalue weighted by Gasteiger charge is -2.10. The van der Waals surface area contributed by atoms with Crippen molar-refractivity contribution in [2.75, 3.05) is 6.61 Å². The van der Waals surface area contributed by atoms with E-state index in [9.17, 15) is 22.8 Å². The number of carbonyl (C=O) groups excluding carboxylic acids is 2. The van der Waals surface area contributed by atoms with Crippen molar-refractivity contribution in [1.82, 2.24) is 5.32 Å². The predicted octanol–water partition coefficient (Wildman–Crippen LogP) is 1.68. The molecule has 1 aromatic carbocycles. The van der Waals surface area contributed by atoms with E-state index in [0.29, 0.717) is 12.0 Å². The lowest BCUT2D eigenvalue weighted by molar-refractivity contribution is -0.141. The molecule has 1 aliphatic heterocycles. The van der Waals surface area contributed by atoms with Crippen LogP contribution in [-0.4, -0.2) is 24.5 Å². The fraction of sp³-hybridized carbons (Fsp3) is 0.385. The van der Waals surface area contributed by atoms with E-state index in [1.54, 1.807) is 0 Å². The van der Waals surface area contributed by atoms with Gasteiger partial charge in [0.15, 0.2) is 0 Å². The molecule has 108 valence electrons. The molecule has 20 heavy (non-hydrogen) atoms. The van der Waals surface area contributed by atoms with Gasteiger partial charge in [-0.15, -0.1) is 0 Å². The molecule has 4 nitrogen and oxygen atoms in total. The number of benzene rings is 1. The van der Waals surface area contributed by atoms with Crippen LogP contribution in [0.3, 0.4) is 0 Å². The molecule has 0 saturated carbocycles. The molecule has 7 heteroatoms. The van der Waals surface area contributed by atoms with E-state index in [2.05, 4.69) is 5.32 Å². The zero-order valence-electron chi connectivity index (χ0n) is 10.4. The minimum absolute atomic E-state index is 0.0814. The molecule has 1 atom stereocenters. The molecule has 2 rings (SSSR count). The Morgan fingerprint density at radius 3 is 2.45 bits per heavy atom. The van der Waals surface area contributed by atoms with Crippen molar-refractivity contribution in [2.45, 2.75) is 25.1 Å². The Bertz CT molecular complexity index is 511. The van der Waals surface area contributed by atoms with Crippen LogP contribution in [0.4, 0.5) is 13.2 Å². The highest BCUT2D eigenvalue weighted by atomic mass is 19.4. The summed E-state index contributed by atoms with van der Waals surface area (Å²) in [5.74, 6) is -0.903. The van der Waals surface area contributed by atoms with Crippen molar-refractivity contribution in [3.63, 3.8) is 0 Å². The standard InChI is InChI=1S/C13H12F3NO3/c14-13(15,16)9-3-1-8(2-4-9)7-11(18)17-10-5-6-20-12(10)19/h1-4,10H,5-7H2,(H,17,18). The summed E-state index contributed by atoms with van der Waals surface area (Å²) in [5.41, 5.74) is -0.317. The van der Waals surface area contributed by atoms with Crippen molar-refractivity contribution in [2.24, 2.45) is 0 Å². The fourth-order valence-electron chi connectivity index (χ4n) is 1.87. The van der Waals surface area contributed by atoms with E-state index in [-0.39, 0.29) is 13.0 Å². The maximum atomic E-state index is 12.4. The largest absolute Gasteiger partial charge is 0.464 e. The van der Waals surface area contributed by atoms with E-state index < -0.39 is 29.7 Å². The molecule has 1 saturated heterocycles. The maximum absolute atomic E-state index is 12.4. The van der Waals surface area contributed by atoms with Gasteiger partial charge in [0.1, 0.15) is 6.04 Å². The molecule has 1 aliphatic rings. The number of amides is 1. The van der Waals surface area contributed by atoms with Crippen LogP contribution < -0.4 is 5.32 Å². The number of esters is 1. The highest BCUT2D eigenvalue weighted by Gasteiger charge is 2.30. The van der Waals surface area contributed by atoms with Gasteiger partial charge in [0.25, 0.3) is 0 Å². The molecule has 0 aliphatic carbocycles. The monoisotopic (exact) mass is 287 g/mol. The summed E-state index contributed by atoms with van der Waals surface area (Å²) in [6, 6.07) is 3.68. The number of rotatable bonds is 3. The van der Waals surface area contributed by atoms with Crippen LogP contribution in [0.15, 0.2) is 24.3 Å². The van der Waals surface area contributed by atoms with Crippen LogP contribution in [0, 0.1) is 0 Å². The number of alkyl halides is 3. The third-order valence-electron chi connectivity index (χ3n) is 2.92. The number of carbonyl (C=O) groups is 2. The highest BCUT2D eigenvalue weighted by Crippen LogP contribution is 2.29. The quantitative estimate of drug-likeness (QED) is 0.861. The summed E-state index contributed by atoms with van der Waals surface area (Å²) in [5, 5.41) is 2.49. The Morgan fingerprint density at radius 1 is 1.30 bits per heavy atom. The van der Waals surface area contributed by atoms with E-state index >= 15 is 0 Å². The fourth-order valence-corrected chi connectivity index (χ4v) is 1.87. The van der Waals surface area contributed by atoms with Crippen molar-refractivity contribution in [3.05, 3.63) is 35.4 Å². The average molecular weight is 287 g/mol. The number of cyclic esters (lactones) is 1. The van der Waals surface area contributed by atoms with Gasteiger partial charge >= 0.3 is 12.1 Å². The van der Waals surface area contributed by atoms with Crippen LogP contribution in [0.1, 0.15) is 17.5 Å². The summed E-state index contributed by atoms with van der Waals surface area (Å²) in [6.07, 6.45) is -4.06. The van der Waals surface area contributed by atoms with Gasteiger partial charge in [-0.2, -0.15) is 13.2 Å². The summed E-state index contributed by atoms with van der Waals surface area (Å²) in [7, 11) is 0. The third kappa shape index (κ3) is 3.49. The van der Waals surface area contributed by atoms with Crippen LogP contribution >= 0.6 is 0 Å². The molecule has 1 aromatic rings. The first kappa shape index (κ1) is 14.4. The first-order valence-electron chi connectivity index (χ1n) is 5.98. The van der Waals surface area contributed by atoms with Gasteiger partial charge in [-0.05, 0) is 17.7 Å². The first-order chi connectivity index (χ1) is 9.36. The first-order valence-corrected chi connectivity index (χ1v) is 5.98. The van der Waals surface area contributed by atoms with Gasteiger partial charge < -0.3 is 10.1 Å². The Morgan fingerprint density at radius 2 is 1.95 bits per heavy atom. The van der Waals surface area contributed by atoms with Crippen molar-refractivity contribution < 1.29 is 27.5 Å². The summed E-state index contributed by atoms with van der Waals surface area (Å²) < 4.78 is 41.8. The van der Waals surface area contributed by atoms with E-state index in [1.807, 2.05) is 0 Å². The second-order valence-corrected chi connectivity index (χ2v) is 4.45. The minimum Gasteiger partial charge on any atom is -0.464 e. The predicted molar refractivity (Wildman–Crippen MR) is 62.7 cm³/mol. The summed E-state index contributed by atoms with van der Waals surface area (Å²) >= 11 is 0. The summed E-state index contributed by atoms with van der Waals surface area (Å²) in [6.45, 7) is 0.268. The van der Waals surface area contributed by atoms with Crippen molar-refractivity contribution in [3.8, 4) is 0 Å². The van der Waals surface area contributed by atoms with Gasteiger partial charge in [-0.1, -0.05) is 12.1 Å². The number of hydrogen-bond acceptors (Lipinski definition) is 3. The minimum atomic E-state index is -4.39. The maximum Gasteiger partial charge on any atom is 0.416 e.